The van der Waals surface area contributed by atoms with Crippen LogP contribution in [0, 0.1) is 5.92 Å². The number of amides is 2. The average Bonchev–Trinajstić information content (AvgIpc) is 3.42. The van der Waals surface area contributed by atoms with Crippen LogP contribution >= 0.6 is 0 Å². The molecule has 150 valence electrons. The monoisotopic (exact) mass is 372 g/mol. The van der Waals surface area contributed by atoms with Crippen molar-refractivity contribution in [2.45, 2.75) is 57.8 Å². The summed E-state index contributed by atoms with van der Waals surface area (Å²) in [5, 5.41) is 17.5. The Morgan fingerprint density at radius 3 is 2.35 bits per heavy atom. The number of carbonyl (C=O) groups excluding carboxylic acids is 2. The number of carbonyl (C=O) groups is 3. The standard InChI is InChI=1S/C17H32N4O5/c1-3-11(2)12(21-16(23)13-14(26-13)17(24)25)15(22)20-10-5-4-8-19-9-6-7-18/h11-14,19H,3-10,18H2,1-2H3,(H,20,22)(H,21,23)(H,24,25)/t11-,12+,13-,14-/m0/s1. The minimum absolute atomic E-state index is 0.0705. The van der Waals surface area contributed by atoms with Crippen molar-refractivity contribution in [2.75, 3.05) is 26.2 Å². The molecule has 0 aromatic heterocycles. The lowest BCUT2D eigenvalue weighted by molar-refractivity contribution is -0.138. The Kier molecular flexibility index (Phi) is 10.2. The van der Waals surface area contributed by atoms with Gasteiger partial charge in [0.1, 0.15) is 6.04 Å². The lowest BCUT2D eigenvalue weighted by Crippen LogP contribution is -2.51. The summed E-state index contributed by atoms with van der Waals surface area (Å²) in [5.74, 6) is -2.05. The fourth-order valence-corrected chi connectivity index (χ4v) is 2.49. The average molecular weight is 372 g/mol. The summed E-state index contributed by atoms with van der Waals surface area (Å²) in [7, 11) is 0. The fraction of sp³-hybridized carbons (Fsp3) is 0.824. The number of aliphatic carboxylic acids is 1. The number of nitrogens with one attached hydrogen (secondary N) is 3. The van der Waals surface area contributed by atoms with Gasteiger partial charge >= 0.3 is 5.97 Å². The number of carboxylic acid groups (broad SMARTS) is 1. The van der Waals surface area contributed by atoms with Crippen LogP contribution in [0.1, 0.15) is 39.5 Å². The second kappa shape index (κ2) is 11.8. The molecule has 1 fully saturated rings. The summed E-state index contributed by atoms with van der Waals surface area (Å²) in [5.41, 5.74) is 5.41. The molecule has 0 aliphatic carbocycles. The third-order valence-corrected chi connectivity index (χ3v) is 4.42. The van der Waals surface area contributed by atoms with Crippen LogP contribution < -0.4 is 21.7 Å². The van der Waals surface area contributed by atoms with Crippen LogP contribution in [0.25, 0.3) is 0 Å². The van der Waals surface area contributed by atoms with E-state index in [1.165, 1.54) is 0 Å². The Bertz CT molecular complexity index is 474. The largest absolute Gasteiger partial charge is 0.479 e. The Morgan fingerprint density at radius 1 is 1.12 bits per heavy atom. The van der Waals surface area contributed by atoms with E-state index in [0.717, 1.165) is 32.4 Å². The van der Waals surface area contributed by atoms with Gasteiger partial charge in [-0.05, 0) is 44.8 Å². The molecular weight excluding hydrogens is 340 g/mol. The number of hydrogen-bond donors (Lipinski definition) is 5. The highest BCUT2D eigenvalue weighted by Crippen LogP contribution is 2.23. The van der Waals surface area contributed by atoms with E-state index < -0.39 is 30.1 Å². The Labute approximate surface area is 154 Å². The van der Waals surface area contributed by atoms with E-state index >= 15 is 0 Å². The number of unbranched alkanes of at least 4 members (excludes halogenated alkanes) is 1. The molecule has 9 heteroatoms. The zero-order valence-electron chi connectivity index (χ0n) is 15.6. The van der Waals surface area contributed by atoms with Gasteiger partial charge in [0.05, 0.1) is 0 Å². The minimum Gasteiger partial charge on any atom is -0.479 e. The van der Waals surface area contributed by atoms with Crippen LogP contribution in [-0.2, 0) is 19.1 Å². The second-order valence-corrected chi connectivity index (χ2v) is 6.58. The molecule has 9 nitrogen and oxygen atoms in total. The molecule has 26 heavy (non-hydrogen) atoms. The Balaban J connectivity index is 2.32. The number of epoxide rings is 1. The molecule has 0 unspecified atom stereocenters. The maximum Gasteiger partial charge on any atom is 0.336 e. The highest BCUT2D eigenvalue weighted by atomic mass is 16.6. The third kappa shape index (κ3) is 7.67. The summed E-state index contributed by atoms with van der Waals surface area (Å²) in [6, 6.07) is -0.700. The van der Waals surface area contributed by atoms with Gasteiger partial charge in [0.2, 0.25) is 5.91 Å². The number of hydrogen-bond acceptors (Lipinski definition) is 6. The predicted octanol–water partition coefficient (Wildman–Crippen LogP) is -0.796. The van der Waals surface area contributed by atoms with Gasteiger partial charge in [-0.2, -0.15) is 0 Å². The number of ether oxygens (including phenoxy) is 1. The van der Waals surface area contributed by atoms with Crippen molar-refractivity contribution in [1.82, 2.24) is 16.0 Å². The molecule has 0 aromatic carbocycles. The molecule has 1 aliphatic rings. The first-order valence-electron chi connectivity index (χ1n) is 9.29. The van der Waals surface area contributed by atoms with Crippen LogP contribution in [-0.4, -0.2) is 67.3 Å². The molecule has 0 spiro atoms. The Morgan fingerprint density at radius 2 is 1.77 bits per heavy atom. The first-order valence-corrected chi connectivity index (χ1v) is 9.29. The lowest BCUT2D eigenvalue weighted by Gasteiger charge is -2.23. The first kappa shape index (κ1) is 22.3. The quantitative estimate of drug-likeness (QED) is 0.198. The highest BCUT2D eigenvalue weighted by molar-refractivity contribution is 5.95. The van der Waals surface area contributed by atoms with Gasteiger partial charge in [-0.15, -0.1) is 0 Å². The second-order valence-electron chi connectivity index (χ2n) is 6.58. The molecule has 1 heterocycles. The number of rotatable bonds is 14. The third-order valence-electron chi connectivity index (χ3n) is 4.42. The van der Waals surface area contributed by atoms with Crippen molar-refractivity contribution in [2.24, 2.45) is 11.7 Å². The van der Waals surface area contributed by atoms with E-state index in [-0.39, 0.29) is 11.8 Å². The zero-order chi connectivity index (χ0) is 19.5. The molecule has 1 rings (SSSR count). The molecule has 4 atom stereocenters. The van der Waals surface area contributed by atoms with E-state index in [0.29, 0.717) is 19.5 Å². The maximum atomic E-state index is 12.4. The topological polar surface area (TPSA) is 146 Å². The van der Waals surface area contributed by atoms with Crippen LogP contribution in [0.15, 0.2) is 0 Å². The molecule has 0 aromatic rings. The summed E-state index contributed by atoms with van der Waals surface area (Å²) in [6.45, 7) is 6.76. The van der Waals surface area contributed by atoms with Crippen molar-refractivity contribution >= 4 is 17.8 Å². The normalized spacial score (nSPS) is 20.9. The van der Waals surface area contributed by atoms with Gasteiger partial charge in [-0.3, -0.25) is 9.59 Å². The van der Waals surface area contributed by atoms with Gasteiger partial charge in [0, 0.05) is 6.54 Å². The Hall–Kier alpha value is -1.71. The summed E-state index contributed by atoms with van der Waals surface area (Å²) < 4.78 is 4.83. The molecule has 1 aliphatic heterocycles. The summed E-state index contributed by atoms with van der Waals surface area (Å²) in [6.07, 6.45) is 1.29. The van der Waals surface area contributed by atoms with E-state index in [1.807, 2.05) is 13.8 Å². The highest BCUT2D eigenvalue weighted by Gasteiger charge is 2.51. The first-order chi connectivity index (χ1) is 12.4. The summed E-state index contributed by atoms with van der Waals surface area (Å²) >= 11 is 0. The van der Waals surface area contributed by atoms with Crippen molar-refractivity contribution in [3.63, 3.8) is 0 Å². The number of nitrogens with two attached hydrogens (primary N) is 1. The van der Waals surface area contributed by atoms with Crippen LogP contribution in [0.5, 0.6) is 0 Å². The van der Waals surface area contributed by atoms with Crippen molar-refractivity contribution in [3.05, 3.63) is 0 Å². The maximum absolute atomic E-state index is 12.4. The zero-order valence-corrected chi connectivity index (χ0v) is 15.6. The minimum atomic E-state index is -1.17. The van der Waals surface area contributed by atoms with E-state index in [2.05, 4.69) is 16.0 Å². The molecule has 1 saturated heterocycles. The van der Waals surface area contributed by atoms with Gasteiger partial charge in [0.15, 0.2) is 12.2 Å². The van der Waals surface area contributed by atoms with Crippen molar-refractivity contribution in [3.8, 4) is 0 Å². The van der Waals surface area contributed by atoms with E-state index in [9.17, 15) is 14.4 Å². The van der Waals surface area contributed by atoms with Crippen molar-refractivity contribution in [1.29, 1.82) is 0 Å². The van der Waals surface area contributed by atoms with Crippen LogP contribution in [0.4, 0.5) is 0 Å². The van der Waals surface area contributed by atoms with Gasteiger partial charge < -0.3 is 31.5 Å². The SMILES string of the molecule is CC[C@H](C)[C@@H](NC(=O)[C@H]1O[C@@H]1C(=O)O)C(=O)NCCCCNCCCN. The molecule has 0 radical (unpaired) electrons. The molecule has 2 amide bonds. The van der Waals surface area contributed by atoms with Gasteiger partial charge in [0.25, 0.3) is 5.91 Å². The summed E-state index contributed by atoms with van der Waals surface area (Å²) in [4.78, 5) is 35.2. The fourth-order valence-electron chi connectivity index (χ4n) is 2.49. The lowest BCUT2D eigenvalue weighted by atomic mass is 9.98. The van der Waals surface area contributed by atoms with Gasteiger partial charge in [-0.1, -0.05) is 20.3 Å². The van der Waals surface area contributed by atoms with Crippen LogP contribution in [0.2, 0.25) is 0 Å². The number of carboxylic acids is 1. The predicted molar refractivity (Wildman–Crippen MR) is 96.5 cm³/mol. The molecular formula is C17H32N4O5. The van der Waals surface area contributed by atoms with E-state index in [1.54, 1.807) is 0 Å². The molecule has 6 N–H and O–H groups in total. The van der Waals surface area contributed by atoms with Crippen LogP contribution in [0.3, 0.4) is 0 Å². The van der Waals surface area contributed by atoms with Gasteiger partial charge in [-0.25, -0.2) is 4.79 Å². The molecule has 0 bridgehead atoms. The van der Waals surface area contributed by atoms with Crippen molar-refractivity contribution < 1.29 is 24.2 Å². The van der Waals surface area contributed by atoms with E-state index in [4.69, 9.17) is 15.6 Å². The smallest absolute Gasteiger partial charge is 0.336 e. The molecule has 0 saturated carbocycles.